The van der Waals surface area contributed by atoms with Crippen LogP contribution in [0.2, 0.25) is 0 Å². The normalized spacial score (nSPS) is 13.8. The third kappa shape index (κ3) is 18.5. The van der Waals surface area contributed by atoms with Crippen molar-refractivity contribution in [2.24, 2.45) is 0 Å². The van der Waals surface area contributed by atoms with Crippen LogP contribution in [0.4, 0.5) is 32.6 Å². The van der Waals surface area contributed by atoms with Gasteiger partial charge in [-0.2, -0.15) is 10.2 Å². The molecular formula is C73H83Cl3N12O5. The number of nitrogens with two attached hydrogens (primary N) is 1. The molecule has 0 aliphatic carbocycles. The molecule has 2 saturated heterocycles. The first kappa shape index (κ1) is 69.0. The van der Waals surface area contributed by atoms with Crippen LogP contribution in [0.3, 0.4) is 0 Å². The van der Waals surface area contributed by atoms with E-state index in [-0.39, 0.29) is 30.9 Å². The fraction of sp³-hybridized carbons (Fsp3) is 0.315. The van der Waals surface area contributed by atoms with Crippen molar-refractivity contribution in [2.75, 3.05) is 80.9 Å². The number of aromatic nitrogens is 6. The summed E-state index contributed by atoms with van der Waals surface area (Å²) in [6.45, 7) is 24.9. The van der Waals surface area contributed by atoms with Gasteiger partial charge in [0, 0.05) is 102 Å². The largest absolute Gasteiger partial charge is 0.445 e. The molecule has 20 heteroatoms. The van der Waals surface area contributed by atoms with E-state index >= 15 is 0 Å². The van der Waals surface area contributed by atoms with Crippen molar-refractivity contribution in [3.63, 3.8) is 0 Å². The lowest BCUT2D eigenvalue weighted by atomic mass is 9.92. The average molecular weight is 1310 g/mol. The van der Waals surface area contributed by atoms with Gasteiger partial charge in [0.1, 0.15) is 18.2 Å². The zero-order chi connectivity index (χ0) is 65.2. The highest BCUT2D eigenvalue weighted by atomic mass is 35.6. The highest BCUT2D eigenvalue weighted by Gasteiger charge is 2.26. The third-order valence-electron chi connectivity index (χ3n) is 15.7. The standard InChI is InChI=1S/C35H38N6O2.C20H21N3O.C17H20Cl3N3O2.CH4/c1-24-9-13-27(14-10-24)41-33(21-32(39-41)35(2,3)4)38-34(42)37-31-16-15-28(29-7-5-6-8-30(29)31)25-11-12-26(36-22-25)23-40-17-19-43-20-18-40;21-20-8-7-17(18-3-1-2-4-19(18)20)15-5-6-16(22-13-15)14-23-9-11-24-12-10-23;1-11-5-7-12(8-6-11)23-14(9-13(22-23)16(2,3)4)21-15(24)25-10-17(18,19)20;/h5-16,21-22H,17-20,23H2,1-4H3,(H2,37,38,42);1-8,13H,9-12,14,21H2;5-9H,10H2,1-4H3,(H,21,24);1H4. The van der Waals surface area contributed by atoms with Gasteiger partial charge < -0.3 is 25.3 Å². The molecule has 0 unspecified atom stereocenters. The van der Waals surface area contributed by atoms with E-state index in [0.29, 0.717) is 11.6 Å². The number of anilines is 4. The number of rotatable bonds is 12. The van der Waals surface area contributed by atoms with Crippen LogP contribution in [0, 0.1) is 13.8 Å². The second-order valence-electron chi connectivity index (χ2n) is 25.0. The van der Waals surface area contributed by atoms with E-state index in [1.165, 1.54) is 10.9 Å². The number of nitrogen functional groups attached to an aromatic ring is 1. The molecule has 17 nitrogen and oxygen atoms in total. The first-order valence-corrected chi connectivity index (χ1v) is 31.9. The molecule has 5 N–H and O–H groups in total. The monoisotopic (exact) mass is 1310 g/mol. The lowest BCUT2D eigenvalue weighted by molar-refractivity contribution is 0.0336. The number of alkyl halides is 3. The molecule has 93 heavy (non-hydrogen) atoms. The Hall–Kier alpha value is -8.39. The van der Waals surface area contributed by atoms with E-state index in [2.05, 4.69) is 105 Å². The molecule has 0 radical (unpaired) electrons. The van der Waals surface area contributed by atoms with E-state index in [4.69, 9.17) is 64.8 Å². The molecule has 4 aromatic heterocycles. The number of carbonyl (C=O) groups is 2. The Morgan fingerprint density at radius 3 is 1.41 bits per heavy atom. The Balaban J connectivity index is 0.000000175. The molecule has 2 aliphatic rings. The summed E-state index contributed by atoms with van der Waals surface area (Å²) in [4.78, 5) is 39.6. The molecule has 0 bridgehead atoms. The Morgan fingerprint density at radius 1 is 0.538 bits per heavy atom. The third-order valence-corrected chi connectivity index (χ3v) is 16.1. The van der Waals surface area contributed by atoms with Crippen molar-refractivity contribution in [1.29, 1.82) is 0 Å². The van der Waals surface area contributed by atoms with Crippen LogP contribution in [-0.4, -0.2) is 114 Å². The molecule has 6 aromatic carbocycles. The van der Waals surface area contributed by atoms with E-state index < -0.39 is 9.89 Å². The fourth-order valence-electron chi connectivity index (χ4n) is 10.6. The van der Waals surface area contributed by atoms with Crippen LogP contribution in [0.15, 0.2) is 170 Å². The van der Waals surface area contributed by atoms with E-state index in [1.807, 2.05) is 150 Å². The Labute approximate surface area is 560 Å². The minimum atomic E-state index is -1.66. The number of urea groups is 1. The van der Waals surface area contributed by atoms with Gasteiger partial charge in [0.15, 0.2) is 0 Å². The number of ether oxygens (including phenoxy) is 3. The molecule has 12 rings (SSSR count). The summed E-state index contributed by atoms with van der Waals surface area (Å²) in [6, 6.07) is 52.2. The van der Waals surface area contributed by atoms with Crippen molar-refractivity contribution in [3.05, 3.63) is 204 Å². The number of fused-ring (bicyclic) bond motifs is 2. The van der Waals surface area contributed by atoms with E-state index in [9.17, 15) is 9.59 Å². The van der Waals surface area contributed by atoms with Crippen LogP contribution in [0.1, 0.15) is 82.9 Å². The molecule has 486 valence electrons. The van der Waals surface area contributed by atoms with Gasteiger partial charge in [0.2, 0.25) is 3.79 Å². The summed E-state index contributed by atoms with van der Waals surface area (Å²) in [5.41, 5.74) is 19.5. The lowest BCUT2D eigenvalue weighted by Gasteiger charge is -2.26. The Bertz CT molecular complexity index is 4130. The molecule has 0 spiro atoms. The maximum absolute atomic E-state index is 13.4. The molecule has 0 atom stereocenters. The number of hydrogen-bond donors (Lipinski definition) is 4. The predicted octanol–water partition coefficient (Wildman–Crippen LogP) is 16.5. The van der Waals surface area contributed by atoms with Gasteiger partial charge in [0.25, 0.3) is 0 Å². The number of nitrogens with one attached hydrogen (secondary N) is 3. The summed E-state index contributed by atoms with van der Waals surface area (Å²) in [7, 11) is 0. The van der Waals surface area contributed by atoms with E-state index in [1.54, 1.807) is 15.4 Å². The van der Waals surface area contributed by atoms with Gasteiger partial charge in [0.05, 0.1) is 66.3 Å². The zero-order valence-corrected chi connectivity index (χ0v) is 55.5. The number of morpholine rings is 2. The lowest BCUT2D eigenvalue weighted by Crippen LogP contribution is -2.35. The summed E-state index contributed by atoms with van der Waals surface area (Å²) >= 11 is 16.8. The number of amides is 3. The van der Waals surface area contributed by atoms with Crippen LogP contribution in [-0.2, 0) is 38.1 Å². The summed E-state index contributed by atoms with van der Waals surface area (Å²) in [5, 5.41) is 22.5. The SMILES string of the molecule is C.Cc1ccc(-n2nc(C(C)(C)C)cc2NC(=O)Nc2ccc(-c3ccc(CN4CCOCC4)nc3)c3ccccc23)cc1.Cc1ccc(-n2nc(C(C)(C)C)cc2NC(=O)OCC(Cl)(Cl)Cl)cc1.Nc1ccc(-c2ccc(CN3CCOCC3)nc2)c2ccccc12. The number of pyridine rings is 2. The van der Waals surface area contributed by atoms with E-state index in [0.717, 1.165) is 155 Å². The molecule has 0 saturated carbocycles. The van der Waals surface area contributed by atoms with Crippen molar-refractivity contribution < 1.29 is 23.8 Å². The van der Waals surface area contributed by atoms with Crippen molar-refractivity contribution in [1.82, 2.24) is 39.3 Å². The van der Waals surface area contributed by atoms with Gasteiger partial charge in [-0.05, 0) is 84.3 Å². The number of hydrogen-bond acceptors (Lipinski definition) is 12. The van der Waals surface area contributed by atoms with Gasteiger partial charge >= 0.3 is 12.1 Å². The zero-order valence-electron chi connectivity index (χ0n) is 53.3. The number of benzene rings is 6. The van der Waals surface area contributed by atoms with Crippen molar-refractivity contribution in [2.45, 2.75) is 90.5 Å². The van der Waals surface area contributed by atoms with Crippen LogP contribution in [0.25, 0.3) is 55.2 Å². The fourth-order valence-corrected chi connectivity index (χ4v) is 10.7. The smallest absolute Gasteiger partial charge is 0.412 e. The van der Waals surface area contributed by atoms with Crippen molar-refractivity contribution >= 4 is 91.5 Å². The second-order valence-corrected chi connectivity index (χ2v) is 27.5. The van der Waals surface area contributed by atoms with Crippen LogP contribution in [0.5, 0.6) is 0 Å². The summed E-state index contributed by atoms with van der Waals surface area (Å²) < 4.78 is 17.6. The summed E-state index contributed by atoms with van der Waals surface area (Å²) in [6.07, 6.45) is 3.18. The number of halogens is 3. The molecule has 2 fully saturated rings. The molecule has 2 aliphatic heterocycles. The average Bonchev–Trinajstić information content (AvgIpc) is 1.50. The molecule has 6 heterocycles. The van der Waals surface area contributed by atoms with Crippen LogP contribution >= 0.6 is 34.8 Å². The van der Waals surface area contributed by atoms with Gasteiger partial charge in [-0.1, -0.05) is 192 Å². The quantitative estimate of drug-likeness (QED) is 0.0669. The van der Waals surface area contributed by atoms with Gasteiger partial charge in [-0.25, -0.2) is 19.0 Å². The topological polar surface area (TPSA) is 192 Å². The Morgan fingerprint density at radius 2 is 0.968 bits per heavy atom. The minimum absolute atomic E-state index is 0. The maximum Gasteiger partial charge on any atom is 0.412 e. The highest BCUT2D eigenvalue weighted by Crippen LogP contribution is 2.36. The minimum Gasteiger partial charge on any atom is -0.445 e. The predicted molar refractivity (Wildman–Crippen MR) is 380 cm³/mol. The maximum atomic E-state index is 13.4. The molecule has 10 aromatic rings. The first-order chi connectivity index (χ1) is 44.0. The number of carbonyl (C=O) groups excluding carboxylic acids is 2. The molecule has 3 amide bonds. The van der Waals surface area contributed by atoms with Crippen LogP contribution < -0.4 is 21.7 Å². The summed E-state index contributed by atoms with van der Waals surface area (Å²) in [5.74, 6) is 1.08. The molecular weight excluding hydrogens is 1230 g/mol. The van der Waals surface area contributed by atoms with Gasteiger partial charge in [-0.15, -0.1) is 0 Å². The number of nitrogens with zero attached hydrogens (tertiary/aromatic N) is 8. The van der Waals surface area contributed by atoms with Gasteiger partial charge in [-0.3, -0.25) is 30.4 Å². The second kappa shape index (κ2) is 30.6. The van der Waals surface area contributed by atoms with Crippen molar-refractivity contribution in [3.8, 4) is 33.6 Å². The Kier molecular flexibility index (Phi) is 22.7. The first-order valence-electron chi connectivity index (χ1n) is 30.7. The number of aryl methyl sites for hydroxylation is 2. The highest BCUT2D eigenvalue weighted by molar-refractivity contribution is 6.67.